The molecule has 1 aliphatic rings. The van der Waals surface area contributed by atoms with Gasteiger partial charge in [0.1, 0.15) is 0 Å². The molecule has 0 radical (unpaired) electrons. The van der Waals surface area contributed by atoms with E-state index >= 15 is 0 Å². The maximum atomic E-state index is 12.7. The van der Waals surface area contributed by atoms with Crippen LogP contribution in [0.25, 0.3) is 10.8 Å². The summed E-state index contributed by atoms with van der Waals surface area (Å²) in [7, 11) is 0. The first-order valence-electron chi connectivity index (χ1n) is 7.68. The van der Waals surface area contributed by atoms with Gasteiger partial charge < -0.3 is 16.8 Å². The molecular formula is C17H18N4O3. The molecule has 7 heteroatoms. The summed E-state index contributed by atoms with van der Waals surface area (Å²) < 4.78 is 0. The van der Waals surface area contributed by atoms with Crippen LogP contribution in [0.3, 0.4) is 0 Å². The number of nitrogens with one attached hydrogen (secondary N) is 1. The summed E-state index contributed by atoms with van der Waals surface area (Å²) in [6.07, 6.45) is 0.212. The fraction of sp³-hybridized carbons (Fsp3) is 0.235. The van der Waals surface area contributed by atoms with Gasteiger partial charge >= 0.3 is 0 Å². The van der Waals surface area contributed by atoms with Gasteiger partial charge in [-0.05, 0) is 18.2 Å². The van der Waals surface area contributed by atoms with Crippen LogP contribution in [-0.2, 0) is 4.79 Å². The van der Waals surface area contributed by atoms with Crippen molar-refractivity contribution in [2.75, 3.05) is 25.4 Å². The fourth-order valence-corrected chi connectivity index (χ4v) is 2.90. The lowest BCUT2D eigenvalue weighted by molar-refractivity contribution is -0.120. The lowest BCUT2D eigenvalue weighted by atomic mass is 9.93. The van der Waals surface area contributed by atoms with E-state index in [4.69, 9.17) is 11.5 Å². The Labute approximate surface area is 138 Å². The van der Waals surface area contributed by atoms with Crippen LogP contribution in [0.4, 0.5) is 5.69 Å². The number of carbonyl (C=O) groups is 3. The largest absolute Gasteiger partial charge is 0.398 e. The highest BCUT2D eigenvalue weighted by Gasteiger charge is 2.32. The van der Waals surface area contributed by atoms with Crippen molar-refractivity contribution in [3.63, 3.8) is 0 Å². The highest BCUT2D eigenvalue weighted by Crippen LogP contribution is 2.32. The Morgan fingerprint density at radius 2 is 1.79 bits per heavy atom. The highest BCUT2D eigenvalue weighted by molar-refractivity contribution is 6.26. The molecule has 24 heavy (non-hydrogen) atoms. The number of amides is 3. The number of imide groups is 1. The van der Waals surface area contributed by atoms with Crippen molar-refractivity contribution in [3.05, 3.63) is 41.5 Å². The van der Waals surface area contributed by atoms with Crippen molar-refractivity contribution >= 4 is 34.2 Å². The summed E-state index contributed by atoms with van der Waals surface area (Å²) in [4.78, 5) is 37.9. The Hall–Kier alpha value is -2.93. The first kappa shape index (κ1) is 15.9. The van der Waals surface area contributed by atoms with Crippen molar-refractivity contribution < 1.29 is 14.4 Å². The van der Waals surface area contributed by atoms with E-state index in [2.05, 4.69) is 5.32 Å². The van der Waals surface area contributed by atoms with Gasteiger partial charge in [0.2, 0.25) is 5.91 Å². The minimum atomic E-state index is -0.378. The Morgan fingerprint density at radius 1 is 1.08 bits per heavy atom. The van der Waals surface area contributed by atoms with E-state index in [1.54, 1.807) is 30.3 Å². The van der Waals surface area contributed by atoms with Crippen LogP contribution in [0, 0.1) is 0 Å². The molecule has 2 aromatic rings. The van der Waals surface area contributed by atoms with E-state index in [-0.39, 0.29) is 43.8 Å². The van der Waals surface area contributed by atoms with Gasteiger partial charge in [0.15, 0.2) is 0 Å². The van der Waals surface area contributed by atoms with Crippen LogP contribution in [-0.4, -0.2) is 42.3 Å². The van der Waals surface area contributed by atoms with Gasteiger partial charge in [-0.15, -0.1) is 0 Å². The highest BCUT2D eigenvalue weighted by atomic mass is 16.2. The molecular weight excluding hydrogens is 308 g/mol. The Morgan fingerprint density at radius 3 is 2.50 bits per heavy atom. The Balaban J connectivity index is 1.88. The molecule has 0 saturated heterocycles. The van der Waals surface area contributed by atoms with Gasteiger partial charge in [0, 0.05) is 53.6 Å². The van der Waals surface area contributed by atoms with E-state index in [0.717, 1.165) is 4.90 Å². The maximum Gasteiger partial charge on any atom is 0.261 e. The van der Waals surface area contributed by atoms with Crippen LogP contribution in [0.15, 0.2) is 30.3 Å². The van der Waals surface area contributed by atoms with Crippen molar-refractivity contribution in [3.8, 4) is 0 Å². The molecule has 2 aromatic carbocycles. The van der Waals surface area contributed by atoms with Gasteiger partial charge in [-0.25, -0.2) is 0 Å². The molecule has 0 aromatic heterocycles. The first-order valence-corrected chi connectivity index (χ1v) is 7.68. The second kappa shape index (κ2) is 6.29. The van der Waals surface area contributed by atoms with Crippen LogP contribution in [0.1, 0.15) is 27.1 Å². The predicted octanol–water partition coefficient (Wildman–Crippen LogP) is 0.483. The number of anilines is 1. The number of hydrogen-bond donors (Lipinski definition) is 3. The zero-order chi connectivity index (χ0) is 17.3. The van der Waals surface area contributed by atoms with Crippen LogP contribution < -0.4 is 16.8 Å². The lowest BCUT2D eigenvalue weighted by Gasteiger charge is -2.27. The fourth-order valence-electron chi connectivity index (χ4n) is 2.90. The molecule has 124 valence electrons. The summed E-state index contributed by atoms with van der Waals surface area (Å²) in [6, 6.07) is 8.51. The molecule has 3 amide bonds. The second-order valence-electron chi connectivity index (χ2n) is 5.58. The third kappa shape index (κ3) is 2.59. The van der Waals surface area contributed by atoms with E-state index in [1.165, 1.54) is 0 Å². The topological polar surface area (TPSA) is 119 Å². The van der Waals surface area contributed by atoms with E-state index in [9.17, 15) is 14.4 Å². The number of carbonyl (C=O) groups excluding carboxylic acids is 3. The summed E-state index contributed by atoms with van der Waals surface area (Å²) in [5.74, 6) is -0.960. The van der Waals surface area contributed by atoms with Gasteiger partial charge in [-0.2, -0.15) is 0 Å². The summed E-state index contributed by atoms with van der Waals surface area (Å²) >= 11 is 0. The van der Waals surface area contributed by atoms with Crippen molar-refractivity contribution in [2.45, 2.75) is 6.42 Å². The summed E-state index contributed by atoms with van der Waals surface area (Å²) in [6.45, 7) is 0.551. The molecule has 7 nitrogen and oxygen atoms in total. The minimum absolute atomic E-state index is 0.105. The number of nitrogen functional groups attached to an aromatic ring is 1. The quantitative estimate of drug-likeness (QED) is 0.545. The van der Waals surface area contributed by atoms with Crippen molar-refractivity contribution in [1.82, 2.24) is 10.2 Å². The summed E-state index contributed by atoms with van der Waals surface area (Å²) in [5.41, 5.74) is 12.7. The number of nitrogens with zero attached hydrogens (tertiary/aromatic N) is 1. The molecule has 5 N–H and O–H groups in total. The van der Waals surface area contributed by atoms with Crippen molar-refractivity contribution in [2.24, 2.45) is 5.73 Å². The summed E-state index contributed by atoms with van der Waals surface area (Å²) in [5, 5.41) is 3.94. The van der Waals surface area contributed by atoms with Crippen molar-refractivity contribution in [1.29, 1.82) is 0 Å². The molecule has 0 spiro atoms. The maximum absolute atomic E-state index is 12.7. The van der Waals surface area contributed by atoms with Crippen LogP contribution in [0.5, 0.6) is 0 Å². The first-order chi connectivity index (χ1) is 11.5. The molecule has 1 aliphatic heterocycles. The average molecular weight is 326 g/mol. The number of rotatable bonds is 5. The van der Waals surface area contributed by atoms with Gasteiger partial charge in [-0.3, -0.25) is 19.3 Å². The smallest absolute Gasteiger partial charge is 0.261 e. The molecule has 0 bridgehead atoms. The molecule has 0 saturated carbocycles. The second-order valence-corrected chi connectivity index (χ2v) is 5.58. The molecule has 0 fully saturated rings. The molecule has 0 aliphatic carbocycles. The zero-order valence-corrected chi connectivity index (χ0v) is 13.0. The van der Waals surface area contributed by atoms with E-state index in [1.807, 2.05) is 0 Å². The third-order valence-corrected chi connectivity index (χ3v) is 4.05. The van der Waals surface area contributed by atoms with Crippen LogP contribution in [0.2, 0.25) is 0 Å². The third-order valence-electron chi connectivity index (χ3n) is 4.05. The van der Waals surface area contributed by atoms with Gasteiger partial charge in [0.05, 0.1) is 0 Å². The number of benzene rings is 2. The number of hydrogen-bond acceptors (Lipinski definition) is 5. The van der Waals surface area contributed by atoms with Gasteiger partial charge in [0.25, 0.3) is 11.8 Å². The standard InChI is InChI=1S/C17H18N4O3/c18-7-6-14(22)20-8-9-21-16(23)11-3-1-2-10-13(19)5-4-12(15(10)11)17(21)24/h1-5H,6-9,18-19H2,(H,20,22). The van der Waals surface area contributed by atoms with E-state index in [0.29, 0.717) is 27.6 Å². The SMILES string of the molecule is NCCC(=O)NCCN1C(=O)c2cccc3c(N)ccc(c23)C1=O. The predicted molar refractivity (Wildman–Crippen MR) is 90.4 cm³/mol. The average Bonchev–Trinajstić information content (AvgIpc) is 2.57. The normalized spacial score (nSPS) is 13.5. The molecule has 1 heterocycles. The van der Waals surface area contributed by atoms with E-state index < -0.39 is 0 Å². The molecule has 0 unspecified atom stereocenters. The van der Waals surface area contributed by atoms with Crippen LogP contribution >= 0.6 is 0 Å². The Kier molecular flexibility index (Phi) is 4.18. The molecule has 3 rings (SSSR count). The monoisotopic (exact) mass is 326 g/mol. The Bertz CT molecular complexity index is 825. The minimum Gasteiger partial charge on any atom is -0.398 e. The zero-order valence-electron chi connectivity index (χ0n) is 13.0. The van der Waals surface area contributed by atoms with Gasteiger partial charge in [-0.1, -0.05) is 12.1 Å². The molecule has 0 atom stereocenters. The number of nitrogens with two attached hydrogens (primary N) is 2. The lowest BCUT2D eigenvalue weighted by Crippen LogP contribution is -2.44.